The summed E-state index contributed by atoms with van der Waals surface area (Å²) in [7, 11) is 1.55. The molecule has 0 saturated carbocycles. The molecule has 0 spiro atoms. The first-order valence-corrected chi connectivity index (χ1v) is 8.04. The van der Waals surface area contributed by atoms with Crippen LogP contribution in [0, 0.1) is 13.8 Å². The van der Waals surface area contributed by atoms with E-state index in [1.165, 1.54) is 0 Å². The fraction of sp³-hybridized carbons (Fsp3) is 0.200. The number of nitrogens with two attached hydrogens (primary N) is 1. The van der Waals surface area contributed by atoms with Crippen molar-refractivity contribution in [3.05, 3.63) is 64.4 Å². The Balaban J connectivity index is 1.85. The maximum absolute atomic E-state index is 12.5. The smallest absolute Gasteiger partial charge is 0.374 e. The number of esters is 1. The molecule has 0 radical (unpaired) electrons. The van der Waals surface area contributed by atoms with Gasteiger partial charge in [0.25, 0.3) is 0 Å². The van der Waals surface area contributed by atoms with E-state index in [0.29, 0.717) is 28.0 Å². The monoisotopic (exact) mass is 353 g/mol. The van der Waals surface area contributed by atoms with Gasteiger partial charge in [0.1, 0.15) is 6.61 Å². The molecule has 26 heavy (non-hydrogen) atoms. The van der Waals surface area contributed by atoms with Crippen LogP contribution in [0.25, 0.3) is 11.0 Å². The Morgan fingerprint density at radius 3 is 2.62 bits per heavy atom. The molecule has 0 fully saturated rings. The molecule has 0 aliphatic carbocycles. The van der Waals surface area contributed by atoms with E-state index in [0.717, 1.165) is 10.9 Å². The zero-order valence-corrected chi connectivity index (χ0v) is 14.8. The Labute approximate surface area is 150 Å². The molecule has 0 atom stereocenters. The molecule has 3 rings (SSSR count). The highest BCUT2D eigenvalue weighted by Crippen LogP contribution is 2.34. The van der Waals surface area contributed by atoms with Crippen molar-refractivity contribution in [1.82, 2.24) is 0 Å². The van der Waals surface area contributed by atoms with Gasteiger partial charge in [0.2, 0.25) is 11.7 Å². The van der Waals surface area contributed by atoms with Gasteiger partial charge >= 0.3 is 5.97 Å². The van der Waals surface area contributed by atoms with Crippen LogP contribution in [0.5, 0.6) is 5.75 Å². The van der Waals surface area contributed by atoms with Gasteiger partial charge in [-0.1, -0.05) is 12.1 Å². The summed E-state index contributed by atoms with van der Waals surface area (Å²) in [4.78, 5) is 23.7. The summed E-state index contributed by atoms with van der Waals surface area (Å²) < 4.78 is 16.4. The Hall–Kier alpha value is -3.28. The molecule has 6 nitrogen and oxygen atoms in total. The number of fused-ring (bicyclic) bond motifs is 1. The molecule has 134 valence electrons. The minimum atomic E-state index is -0.581. The fourth-order valence-corrected chi connectivity index (χ4v) is 2.80. The summed E-state index contributed by atoms with van der Waals surface area (Å²) >= 11 is 0. The second-order valence-corrected chi connectivity index (χ2v) is 6.04. The van der Waals surface area contributed by atoms with Gasteiger partial charge in [-0.05, 0) is 49.2 Å². The number of furan rings is 1. The highest BCUT2D eigenvalue weighted by Gasteiger charge is 2.21. The molecule has 0 bridgehead atoms. The molecule has 0 unspecified atom stereocenters. The molecule has 0 aliphatic heterocycles. The Morgan fingerprint density at radius 2 is 1.92 bits per heavy atom. The Bertz CT molecular complexity index is 1000. The normalized spacial score (nSPS) is 10.7. The number of methoxy groups -OCH3 is 1. The highest BCUT2D eigenvalue weighted by molar-refractivity contribution is 5.98. The highest BCUT2D eigenvalue weighted by atomic mass is 16.5. The van der Waals surface area contributed by atoms with Crippen molar-refractivity contribution in [3.8, 4) is 5.75 Å². The number of amides is 1. The van der Waals surface area contributed by atoms with E-state index in [4.69, 9.17) is 19.6 Å². The zero-order chi connectivity index (χ0) is 18.8. The number of benzene rings is 2. The standard InChI is InChI=1S/C20H19NO5/c1-11-7-15-12(2)17(26-18(15)16(8-11)24-3)20(23)25-10-13-5-4-6-14(9-13)19(21)22/h4-9H,10H2,1-3H3,(H2,21,22). The molecular weight excluding hydrogens is 334 g/mol. The first kappa shape index (κ1) is 17.5. The van der Waals surface area contributed by atoms with Crippen LogP contribution < -0.4 is 10.5 Å². The molecule has 6 heteroatoms. The van der Waals surface area contributed by atoms with Gasteiger partial charge in [0, 0.05) is 16.5 Å². The summed E-state index contributed by atoms with van der Waals surface area (Å²) in [6.07, 6.45) is 0. The van der Waals surface area contributed by atoms with Gasteiger partial charge < -0.3 is 19.6 Å². The average molecular weight is 353 g/mol. The molecule has 3 aromatic rings. The van der Waals surface area contributed by atoms with Crippen molar-refractivity contribution in [3.63, 3.8) is 0 Å². The Morgan fingerprint density at radius 1 is 1.15 bits per heavy atom. The van der Waals surface area contributed by atoms with E-state index in [-0.39, 0.29) is 12.4 Å². The van der Waals surface area contributed by atoms with Crippen LogP contribution >= 0.6 is 0 Å². The number of ether oxygens (including phenoxy) is 2. The number of rotatable bonds is 5. The zero-order valence-electron chi connectivity index (χ0n) is 14.8. The number of carbonyl (C=O) groups is 2. The average Bonchev–Trinajstić information content (AvgIpc) is 2.96. The van der Waals surface area contributed by atoms with Crippen LogP contribution in [0.15, 0.2) is 40.8 Å². The van der Waals surface area contributed by atoms with Gasteiger partial charge in [-0.25, -0.2) is 4.79 Å². The molecule has 0 aliphatic rings. The minimum Gasteiger partial charge on any atom is -0.493 e. The van der Waals surface area contributed by atoms with E-state index < -0.39 is 11.9 Å². The van der Waals surface area contributed by atoms with Gasteiger partial charge in [0.15, 0.2) is 11.3 Å². The summed E-state index contributed by atoms with van der Waals surface area (Å²) in [5.74, 6) is -0.414. The summed E-state index contributed by atoms with van der Waals surface area (Å²) in [5.41, 5.74) is 8.49. The molecule has 1 amide bonds. The van der Waals surface area contributed by atoms with E-state index in [1.54, 1.807) is 38.3 Å². The lowest BCUT2D eigenvalue weighted by atomic mass is 10.1. The summed E-state index contributed by atoms with van der Waals surface area (Å²) in [5, 5.41) is 0.810. The van der Waals surface area contributed by atoms with Gasteiger partial charge in [-0.2, -0.15) is 0 Å². The first-order chi connectivity index (χ1) is 12.4. The van der Waals surface area contributed by atoms with Crippen LogP contribution in [0.2, 0.25) is 0 Å². The maximum Gasteiger partial charge on any atom is 0.374 e. The van der Waals surface area contributed by atoms with Crippen molar-refractivity contribution in [2.24, 2.45) is 5.73 Å². The lowest BCUT2D eigenvalue weighted by Gasteiger charge is -2.05. The number of hydrogen-bond donors (Lipinski definition) is 1. The van der Waals surface area contributed by atoms with E-state index in [9.17, 15) is 9.59 Å². The Kier molecular flexibility index (Phi) is 4.67. The van der Waals surface area contributed by atoms with E-state index in [1.807, 2.05) is 19.1 Å². The van der Waals surface area contributed by atoms with E-state index in [2.05, 4.69) is 0 Å². The lowest BCUT2D eigenvalue weighted by Crippen LogP contribution is -2.11. The molecule has 2 N–H and O–H groups in total. The lowest BCUT2D eigenvalue weighted by molar-refractivity contribution is 0.0437. The third-order valence-electron chi connectivity index (χ3n) is 4.13. The van der Waals surface area contributed by atoms with Crippen molar-refractivity contribution < 1.29 is 23.5 Å². The third-order valence-corrected chi connectivity index (χ3v) is 4.13. The second kappa shape index (κ2) is 6.92. The van der Waals surface area contributed by atoms with Crippen molar-refractivity contribution in [2.75, 3.05) is 7.11 Å². The fourth-order valence-electron chi connectivity index (χ4n) is 2.80. The molecule has 2 aromatic carbocycles. The number of carbonyl (C=O) groups excluding carboxylic acids is 2. The molecule has 1 aromatic heterocycles. The van der Waals surface area contributed by atoms with Gasteiger partial charge in [0.05, 0.1) is 7.11 Å². The number of hydrogen-bond acceptors (Lipinski definition) is 5. The SMILES string of the molecule is COc1cc(C)cc2c(C)c(C(=O)OCc3cccc(C(N)=O)c3)oc12. The van der Waals surface area contributed by atoms with Crippen molar-refractivity contribution >= 4 is 22.8 Å². The third kappa shape index (κ3) is 3.26. The predicted octanol–water partition coefficient (Wildman–Crippen LogP) is 3.51. The van der Waals surface area contributed by atoms with Gasteiger partial charge in [-0.3, -0.25) is 4.79 Å². The van der Waals surface area contributed by atoms with Crippen LogP contribution in [-0.2, 0) is 11.3 Å². The van der Waals surface area contributed by atoms with E-state index >= 15 is 0 Å². The summed E-state index contributed by atoms with van der Waals surface area (Å²) in [6, 6.07) is 10.4. The molecule has 0 saturated heterocycles. The van der Waals surface area contributed by atoms with Crippen LogP contribution in [0.3, 0.4) is 0 Å². The molecule has 1 heterocycles. The second-order valence-electron chi connectivity index (χ2n) is 6.04. The largest absolute Gasteiger partial charge is 0.493 e. The maximum atomic E-state index is 12.5. The van der Waals surface area contributed by atoms with Crippen LogP contribution in [0.4, 0.5) is 0 Å². The minimum absolute atomic E-state index is 0.00655. The first-order valence-electron chi connectivity index (χ1n) is 8.04. The van der Waals surface area contributed by atoms with Crippen molar-refractivity contribution in [2.45, 2.75) is 20.5 Å². The topological polar surface area (TPSA) is 91.8 Å². The van der Waals surface area contributed by atoms with Crippen LogP contribution in [-0.4, -0.2) is 19.0 Å². The number of primary amides is 1. The summed E-state index contributed by atoms with van der Waals surface area (Å²) in [6.45, 7) is 3.75. The predicted molar refractivity (Wildman–Crippen MR) is 96.3 cm³/mol. The quantitative estimate of drug-likeness (QED) is 0.709. The van der Waals surface area contributed by atoms with Crippen LogP contribution in [0.1, 0.15) is 37.6 Å². The number of aryl methyl sites for hydroxylation is 2. The van der Waals surface area contributed by atoms with Gasteiger partial charge in [-0.15, -0.1) is 0 Å². The molecular formula is C20H19NO5. The van der Waals surface area contributed by atoms with Crippen molar-refractivity contribution in [1.29, 1.82) is 0 Å².